The van der Waals surface area contributed by atoms with Crippen molar-refractivity contribution in [3.63, 3.8) is 0 Å². The van der Waals surface area contributed by atoms with Gasteiger partial charge in [0, 0.05) is 12.1 Å². The Balaban J connectivity index is 2.10. The summed E-state index contributed by atoms with van der Waals surface area (Å²) < 4.78 is 26.2. The Bertz CT molecular complexity index is 911. The summed E-state index contributed by atoms with van der Waals surface area (Å²) in [6, 6.07) is 11.8. The van der Waals surface area contributed by atoms with Crippen LogP contribution in [-0.4, -0.2) is 32.2 Å². The first-order valence-electron chi connectivity index (χ1n) is 8.73. The summed E-state index contributed by atoms with van der Waals surface area (Å²) in [4.78, 5) is 12.6. The zero-order valence-electron chi connectivity index (χ0n) is 16.0. The molecule has 0 aliphatic rings. The first-order valence-corrected chi connectivity index (χ1v) is 10.6. The second kappa shape index (κ2) is 8.87. The fourth-order valence-electron chi connectivity index (χ4n) is 2.93. The highest BCUT2D eigenvalue weighted by atomic mass is 35.5. The molecule has 0 radical (unpaired) electrons. The molecule has 0 spiro atoms. The number of benzene rings is 2. The molecule has 0 aromatic heterocycles. The first kappa shape index (κ1) is 21.4. The van der Waals surface area contributed by atoms with Gasteiger partial charge in [-0.15, -0.1) is 0 Å². The summed E-state index contributed by atoms with van der Waals surface area (Å²) in [6.07, 6.45) is 0.712. The fourth-order valence-corrected chi connectivity index (χ4v) is 4.18. The van der Waals surface area contributed by atoms with E-state index in [-0.39, 0.29) is 23.4 Å². The predicted molar refractivity (Wildman–Crippen MR) is 108 cm³/mol. The second-order valence-electron chi connectivity index (χ2n) is 6.60. The summed E-state index contributed by atoms with van der Waals surface area (Å²) in [7, 11) is -2.37. The molecule has 5 nitrogen and oxygen atoms in total. The standard InChI is InChI=1S/C20H25ClN2O3S/c1-5-19(18-11-6-14(2)12-15(18)3)22-20(24)13-23(4)27(25,26)17-9-7-16(21)8-10-17/h6-12,19H,5,13H2,1-4H3,(H,22,24). The van der Waals surface area contributed by atoms with Crippen molar-refractivity contribution in [1.82, 2.24) is 9.62 Å². The molecule has 27 heavy (non-hydrogen) atoms. The van der Waals surface area contributed by atoms with Gasteiger partial charge in [-0.25, -0.2) is 8.42 Å². The third-order valence-electron chi connectivity index (χ3n) is 4.43. The van der Waals surface area contributed by atoms with Crippen LogP contribution in [0.2, 0.25) is 5.02 Å². The van der Waals surface area contributed by atoms with Crippen LogP contribution in [0.5, 0.6) is 0 Å². The number of hydrogen-bond acceptors (Lipinski definition) is 3. The van der Waals surface area contributed by atoms with Crippen molar-refractivity contribution in [2.75, 3.05) is 13.6 Å². The zero-order chi connectivity index (χ0) is 20.2. The van der Waals surface area contributed by atoms with E-state index in [1.165, 1.54) is 31.3 Å². The van der Waals surface area contributed by atoms with Crippen LogP contribution in [0.25, 0.3) is 0 Å². The lowest BCUT2D eigenvalue weighted by Gasteiger charge is -2.22. The molecule has 0 fully saturated rings. The summed E-state index contributed by atoms with van der Waals surface area (Å²) in [5.41, 5.74) is 3.30. The summed E-state index contributed by atoms with van der Waals surface area (Å²) in [5, 5.41) is 3.39. The number of nitrogens with zero attached hydrogens (tertiary/aromatic N) is 1. The number of carbonyl (C=O) groups is 1. The fraction of sp³-hybridized carbons (Fsp3) is 0.350. The molecule has 0 bridgehead atoms. The molecule has 0 saturated carbocycles. The van der Waals surface area contributed by atoms with Gasteiger partial charge in [0.05, 0.1) is 17.5 Å². The number of amides is 1. The van der Waals surface area contributed by atoms with Gasteiger partial charge in [0.1, 0.15) is 0 Å². The minimum absolute atomic E-state index is 0.101. The quantitative estimate of drug-likeness (QED) is 0.756. The van der Waals surface area contributed by atoms with Crippen LogP contribution in [0.1, 0.15) is 36.1 Å². The van der Waals surface area contributed by atoms with E-state index in [9.17, 15) is 13.2 Å². The van der Waals surface area contributed by atoms with E-state index in [1.807, 2.05) is 32.9 Å². The molecule has 146 valence electrons. The Kier molecular flexibility index (Phi) is 7.03. The number of likely N-dealkylation sites (N-methyl/N-ethyl adjacent to an activating group) is 1. The highest BCUT2D eigenvalue weighted by molar-refractivity contribution is 7.89. The van der Waals surface area contributed by atoms with E-state index in [0.717, 1.165) is 21.0 Å². The van der Waals surface area contributed by atoms with Crippen LogP contribution < -0.4 is 5.32 Å². The maximum Gasteiger partial charge on any atom is 0.243 e. The van der Waals surface area contributed by atoms with Crippen molar-refractivity contribution in [3.8, 4) is 0 Å². The summed E-state index contributed by atoms with van der Waals surface area (Å²) in [5.74, 6) is -0.345. The smallest absolute Gasteiger partial charge is 0.243 e. The lowest BCUT2D eigenvalue weighted by molar-refractivity contribution is -0.121. The molecular weight excluding hydrogens is 384 g/mol. The number of sulfonamides is 1. The minimum Gasteiger partial charge on any atom is -0.348 e. The van der Waals surface area contributed by atoms with Gasteiger partial charge < -0.3 is 5.32 Å². The van der Waals surface area contributed by atoms with E-state index in [4.69, 9.17) is 11.6 Å². The number of rotatable bonds is 7. The molecule has 1 N–H and O–H groups in total. The van der Waals surface area contributed by atoms with Crippen LogP contribution in [0.15, 0.2) is 47.4 Å². The van der Waals surface area contributed by atoms with Crippen molar-refractivity contribution >= 4 is 27.5 Å². The Morgan fingerprint density at radius 1 is 1.15 bits per heavy atom. The highest BCUT2D eigenvalue weighted by Crippen LogP contribution is 2.22. The normalized spacial score (nSPS) is 12.8. The van der Waals surface area contributed by atoms with Crippen molar-refractivity contribution in [2.24, 2.45) is 0 Å². The maximum absolute atomic E-state index is 12.6. The Morgan fingerprint density at radius 2 is 1.78 bits per heavy atom. The Morgan fingerprint density at radius 3 is 2.33 bits per heavy atom. The third-order valence-corrected chi connectivity index (χ3v) is 6.50. The largest absolute Gasteiger partial charge is 0.348 e. The Hall–Kier alpha value is -1.89. The van der Waals surface area contributed by atoms with Crippen LogP contribution in [-0.2, 0) is 14.8 Å². The molecule has 1 unspecified atom stereocenters. The predicted octanol–water partition coefficient (Wildman–Crippen LogP) is 3.84. The summed E-state index contributed by atoms with van der Waals surface area (Å²) >= 11 is 5.81. The maximum atomic E-state index is 12.6. The van der Waals surface area contributed by atoms with E-state index < -0.39 is 10.0 Å². The topological polar surface area (TPSA) is 66.5 Å². The molecular formula is C20H25ClN2O3S. The van der Waals surface area contributed by atoms with Gasteiger partial charge in [0.15, 0.2) is 0 Å². The van der Waals surface area contributed by atoms with Gasteiger partial charge in [0.25, 0.3) is 0 Å². The van der Waals surface area contributed by atoms with Crippen molar-refractivity contribution in [3.05, 3.63) is 64.2 Å². The van der Waals surface area contributed by atoms with E-state index in [0.29, 0.717) is 11.4 Å². The lowest BCUT2D eigenvalue weighted by Crippen LogP contribution is -2.39. The molecule has 2 aromatic carbocycles. The number of hydrogen-bond donors (Lipinski definition) is 1. The van der Waals surface area contributed by atoms with Gasteiger partial charge in [-0.2, -0.15) is 4.31 Å². The zero-order valence-corrected chi connectivity index (χ0v) is 17.6. The van der Waals surface area contributed by atoms with Crippen LogP contribution in [0.4, 0.5) is 0 Å². The average Bonchev–Trinajstić information content (AvgIpc) is 2.60. The molecule has 2 aromatic rings. The van der Waals surface area contributed by atoms with Crippen LogP contribution in [0.3, 0.4) is 0 Å². The molecule has 7 heteroatoms. The van der Waals surface area contributed by atoms with Crippen molar-refractivity contribution < 1.29 is 13.2 Å². The molecule has 1 atom stereocenters. The highest BCUT2D eigenvalue weighted by Gasteiger charge is 2.24. The third kappa shape index (κ3) is 5.31. The molecule has 0 aliphatic carbocycles. The average molecular weight is 409 g/mol. The molecule has 0 saturated heterocycles. The first-order chi connectivity index (χ1) is 12.6. The van der Waals surface area contributed by atoms with Crippen LogP contribution >= 0.6 is 11.6 Å². The minimum atomic E-state index is -3.76. The van der Waals surface area contributed by atoms with E-state index in [1.54, 1.807) is 0 Å². The molecule has 1 amide bonds. The van der Waals surface area contributed by atoms with E-state index >= 15 is 0 Å². The molecule has 0 aliphatic heterocycles. The lowest BCUT2D eigenvalue weighted by atomic mass is 9.97. The van der Waals surface area contributed by atoms with Gasteiger partial charge >= 0.3 is 0 Å². The van der Waals surface area contributed by atoms with Gasteiger partial charge in [-0.3, -0.25) is 4.79 Å². The second-order valence-corrected chi connectivity index (χ2v) is 9.08. The van der Waals surface area contributed by atoms with Gasteiger partial charge in [0.2, 0.25) is 15.9 Å². The van der Waals surface area contributed by atoms with Crippen molar-refractivity contribution in [2.45, 2.75) is 38.1 Å². The van der Waals surface area contributed by atoms with E-state index in [2.05, 4.69) is 11.4 Å². The SMILES string of the molecule is CCC(NC(=O)CN(C)S(=O)(=O)c1ccc(Cl)cc1)c1ccc(C)cc1C. The van der Waals surface area contributed by atoms with Crippen LogP contribution in [0, 0.1) is 13.8 Å². The molecule has 2 rings (SSSR count). The monoisotopic (exact) mass is 408 g/mol. The van der Waals surface area contributed by atoms with Crippen molar-refractivity contribution in [1.29, 1.82) is 0 Å². The number of aryl methyl sites for hydroxylation is 2. The number of nitrogens with one attached hydrogen (secondary N) is 1. The molecule has 0 heterocycles. The Labute approximate surface area is 166 Å². The number of halogens is 1. The van der Waals surface area contributed by atoms with Gasteiger partial charge in [-0.05, 0) is 55.7 Å². The summed E-state index contributed by atoms with van der Waals surface area (Å²) in [6.45, 7) is 5.76. The van der Waals surface area contributed by atoms with Gasteiger partial charge in [-0.1, -0.05) is 42.3 Å². The number of carbonyl (C=O) groups excluding carboxylic acids is 1.